The second kappa shape index (κ2) is 3.99. The van der Waals surface area contributed by atoms with Gasteiger partial charge in [-0.2, -0.15) is 0 Å². The first-order valence-corrected chi connectivity index (χ1v) is 6.40. The Hall–Kier alpha value is -1.55. The molecule has 1 saturated carbocycles. The van der Waals surface area contributed by atoms with Crippen molar-refractivity contribution in [3.63, 3.8) is 0 Å². The molecule has 1 aliphatic heterocycles. The molecule has 0 bridgehead atoms. The summed E-state index contributed by atoms with van der Waals surface area (Å²) in [5.74, 6) is -0.447. The van der Waals surface area contributed by atoms with E-state index in [1.165, 1.54) is 4.90 Å². The molecule has 0 aromatic heterocycles. The minimum absolute atomic E-state index is 0.0933. The van der Waals surface area contributed by atoms with Crippen LogP contribution < -0.4 is 10.6 Å². The molecule has 1 aromatic carbocycles. The van der Waals surface area contributed by atoms with Crippen molar-refractivity contribution < 1.29 is 9.59 Å². The molecule has 2 aliphatic rings. The van der Waals surface area contributed by atoms with Crippen molar-refractivity contribution in [2.45, 2.75) is 19.3 Å². The highest BCUT2D eigenvalue weighted by molar-refractivity contribution is 6.33. The number of anilines is 2. The lowest BCUT2D eigenvalue weighted by atomic mass is 10.00. The van der Waals surface area contributed by atoms with Gasteiger partial charge in [-0.25, -0.2) is 4.90 Å². The number of halogens is 1. The zero-order valence-electron chi connectivity index (χ0n) is 9.73. The van der Waals surface area contributed by atoms with Crippen LogP contribution in [0, 0.1) is 11.8 Å². The molecule has 2 fully saturated rings. The predicted molar refractivity (Wildman–Crippen MR) is 69.2 cm³/mol. The number of carbonyl (C=O) groups is 2. The van der Waals surface area contributed by atoms with Crippen molar-refractivity contribution in [1.29, 1.82) is 0 Å². The second-order valence-corrected chi connectivity index (χ2v) is 5.27. The minimum Gasteiger partial charge on any atom is -0.397 e. The largest absolute Gasteiger partial charge is 0.397 e. The zero-order valence-corrected chi connectivity index (χ0v) is 10.5. The average molecular weight is 265 g/mol. The van der Waals surface area contributed by atoms with Crippen LogP contribution in [0.4, 0.5) is 11.4 Å². The van der Waals surface area contributed by atoms with Crippen LogP contribution in [-0.2, 0) is 9.59 Å². The van der Waals surface area contributed by atoms with Crippen molar-refractivity contribution in [2.24, 2.45) is 11.8 Å². The van der Waals surface area contributed by atoms with E-state index in [0.29, 0.717) is 16.4 Å². The first-order valence-electron chi connectivity index (χ1n) is 6.02. The van der Waals surface area contributed by atoms with Gasteiger partial charge < -0.3 is 5.73 Å². The topological polar surface area (TPSA) is 63.4 Å². The number of amides is 2. The maximum Gasteiger partial charge on any atom is 0.237 e. The number of nitrogens with two attached hydrogens (primary N) is 1. The Kier molecular flexibility index (Phi) is 2.55. The molecule has 2 unspecified atom stereocenters. The number of hydrogen-bond donors (Lipinski definition) is 1. The number of nitrogens with zero attached hydrogens (tertiary/aromatic N) is 1. The van der Waals surface area contributed by atoms with Gasteiger partial charge in [0.25, 0.3) is 0 Å². The number of fused-ring (bicyclic) bond motifs is 1. The van der Waals surface area contributed by atoms with Gasteiger partial charge in [0.2, 0.25) is 11.8 Å². The van der Waals surface area contributed by atoms with Crippen molar-refractivity contribution in [1.82, 2.24) is 0 Å². The molecule has 3 rings (SSSR count). The SMILES string of the molecule is Nc1cc(N2C(=O)C3CCCC3C2=O)ccc1Cl. The number of hydrogen-bond acceptors (Lipinski definition) is 3. The lowest BCUT2D eigenvalue weighted by Gasteiger charge is -2.16. The summed E-state index contributed by atoms with van der Waals surface area (Å²) in [5.41, 5.74) is 6.62. The van der Waals surface area contributed by atoms with Crippen molar-refractivity contribution >= 4 is 34.8 Å². The van der Waals surface area contributed by atoms with Crippen LogP contribution in [0.5, 0.6) is 0 Å². The predicted octanol–water partition coefficient (Wildman–Crippen LogP) is 2.21. The number of carbonyl (C=O) groups excluding carboxylic acids is 2. The van der Waals surface area contributed by atoms with Crippen LogP contribution in [0.3, 0.4) is 0 Å². The van der Waals surface area contributed by atoms with Gasteiger partial charge in [-0.05, 0) is 31.0 Å². The van der Waals surface area contributed by atoms with Gasteiger partial charge in [-0.1, -0.05) is 18.0 Å². The monoisotopic (exact) mass is 264 g/mol. The minimum atomic E-state index is -0.130. The molecule has 2 amide bonds. The molecule has 94 valence electrons. The number of rotatable bonds is 1. The maximum absolute atomic E-state index is 12.2. The molecule has 0 spiro atoms. The smallest absolute Gasteiger partial charge is 0.237 e. The summed E-state index contributed by atoms with van der Waals surface area (Å²) in [6.45, 7) is 0. The van der Waals surface area contributed by atoms with Gasteiger partial charge >= 0.3 is 0 Å². The van der Waals surface area contributed by atoms with E-state index in [1.54, 1.807) is 18.2 Å². The fraction of sp³-hybridized carbons (Fsp3) is 0.385. The van der Waals surface area contributed by atoms with Crippen LogP contribution >= 0.6 is 11.6 Å². The zero-order chi connectivity index (χ0) is 12.9. The summed E-state index contributed by atoms with van der Waals surface area (Å²) in [7, 11) is 0. The summed E-state index contributed by atoms with van der Waals surface area (Å²) in [6.07, 6.45) is 2.59. The van der Waals surface area contributed by atoms with Crippen molar-refractivity contribution in [2.75, 3.05) is 10.6 Å². The summed E-state index contributed by atoms with van der Waals surface area (Å²) in [5, 5.41) is 0.429. The fourth-order valence-corrected chi connectivity index (χ4v) is 3.03. The number of imide groups is 1. The van der Waals surface area contributed by atoms with E-state index in [2.05, 4.69) is 0 Å². The second-order valence-electron chi connectivity index (χ2n) is 4.86. The van der Waals surface area contributed by atoms with E-state index in [-0.39, 0.29) is 23.7 Å². The van der Waals surface area contributed by atoms with Crippen LogP contribution in [0.1, 0.15) is 19.3 Å². The Morgan fingerprint density at radius 2 is 1.78 bits per heavy atom. The number of benzene rings is 1. The average Bonchev–Trinajstić information content (AvgIpc) is 2.89. The highest BCUT2D eigenvalue weighted by Gasteiger charge is 2.50. The van der Waals surface area contributed by atoms with Gasteiger partial charge in [0, 0.05) is 0 Å². The molecule has 0 radical (unpaired) electrons. The number of nitrogen functional groups attached to an aromatic ring is 1. The molecule has 18 heavy (non-hydrogen) atoms. The Morgan fingerprint density at radius 3 is 2.33 bits per heavy atom. The van der Waals surface area contributed by atoms with Gasteiger partial charge in [0.1, 0.15) is 0 Å². The van der Waals surface area contributed by atoms with Crippen LogP contribution in [-0.4, -0.2) is 11.8 Å². The normalized spacial score (nSPS) is 26.8. The molecular formula is C13H13ClN2O2. The standard InChI is InChI=1S/C13H13ClN2O2/c14-10-5-4-7(6-11(10)15)16-12(17)8-2-1-3-9(8)13(16)18/h4-6,8-9H,1-3,15H2. The van der Waals surface area contributed by atoms with E-state index >= 15 is 0 Å². The molecule has 1 saturated heterocycles. The van der Waals surface area contributed by atoms with E-state index in [0.717, 1.165) is 19.3 Å². The molecular weight excluding hydrogens is 252 g/mol. The molecule has 1 heterocycles. The highest BCUT2D eigenvalue weighted by atomic mass is 35.5. The van der Waals surface area contributed by atoms with E-state index < -0.39 is 0 Å². The molecule has 2 atom stereocenters. The van der Waals surface area contributed by atoms with Crippen LogP contribution in [0.2, 0.25) is 5.02 Å². The summed E-state index contributed by atoms with van der Waals surface area (Å²) >= 11 is 5.84. The third kappa shape index (κ3) is 1.52. The lowest BCUT2D eigenvalue weighted by molar-refractivity contribution is -0.122. The first-order chi connectivity index (χ1) is 8.59. The van der Waals surface area contributed by atoms with Crippen molar-refractivity contribution in [3.05, 3.63) is 23.2 Å². The summed E-state index contributed by atoms with van der Waals surface area (Å²) in [6, 6.07) is 4.86. The maximum atomic E-state index is 12.2. The van der Waals surface area contributed by atoms with E-state index in [9.17, 15) is 9.59 Å². The Labute approximate surface area is 110 Å². The van der Waals surface area contributed by atoms with Crippen LogP contribution in [0.15, 0.2) is 18.2 Å². The first kappa shape index (κ1) is 11.5. The highest BCUT2D eigenvalue weighted by Crippen LogP contribution is 2.42. The van der Waals surface area contributed by atoms with Gasteiger partial charge in [-0.15, -0.1) is 0 Å². The molecule has 2 N–H and O–H groups in total. The lowest BCUT2D eigenvalue weighted by Crippen LogP contribution is -2.31. The van der Waals surface area contributed by atoms with Gasteiger partial charge in [-0.3, -0.25) is 9.59 Å². The van der Waals surface area contributed by atoms with Gasteiger partial charge in [0.15, 0.2) is 0 Å². The molecule has 5 heteroatoms. The quantitative estimate of drug-likeness (QED) is 0.625. The van der Waals surface area contributed by atoms with Crippen molar-refractivity contribution in [3.8, 4) is 0 Å². The van der Waals surface area contributed by atoms with Crippen LogP contribution in [0.25, 0.3) is 0 Å². The van der Waals surface area contributed by atoms with E-state index in [4.69, 9.17) is 17.3 Å². The Balaban J connectivity index is 1.99. The third-order valence-corrected chi connectivity index (χ3v) is 4.17. The molecule has 4 nitrogen and oxygen atoms in total. The third-order valence-electron chi connectivity index (χ3n) is 3.83. The molecule has 1 aliphatic carbocycles. The van der Waals surface area contributed by atoms with E-state index in [1.807, 2.05) is 0 Å². The summed E-state index contributed by atoms with van der Waals surface area (Å²) < 4.78 is 0. The Morgan fingerprint density at radius 1 is 1.17 bits per heavy atom. The fourth-order valence-electron chi connectivity index (χ4n) is 2.92. The van der Waals surface area contributed by atoms with Gasteiger partial charge in [0.05, 0.1) is 28.2 Å². The molecule has 1 aromatic rings. The Bertz CT molecular complexity index is 522. The summed E-state index contributed by atoms with van der Waals surface area (Å²) in [4.78, 5) is 25.7.